The quantitative estimate of drug-likeness (QED) is 0.605. The summed E-state index contributed by atoms with van der Waals surface area (Å²) < 4.78 is 0. The molecule has 0 aliphatic rings. The van der Waals surface area contributed by atoms with Crippen molar-refractivity contribution in [2.45, 2.75) is 6.92 Å². The molecule has 0 saturated carbocycles. The van der Waals surface area contributed by atoms with Crippen LogP contribution in [0, 0.1) is 0 Å². The zero-order valence-corrected chi connectivity index (χ0v) is 8.28. The third kappa shape index (κ3) is 3.81. The molecule has 4 nitrogen and oxygen atoms in total. The number of rotatable bonds is 3. The van der Waals surface area contributed by atoms with E-state index in [9.17, 15) is 9.59 Å². The molecule has 1 amide bonds. The topological polar surface area (TPSA) is 66.4 Å². The molecular formula is C11H12NNaO3. The molecule has 2 N–H and O–H groups in total. The predicted octanol–water partition coefficient (Wildman–Crippen LogP) is 1.25. The van der Waals surface area contributed by atoms with Crippen molar-refractivity contribution >= 4 is 47.1 Å². The molecule has 0 aliphatic carbocycles. The van der Waals surface area contributed by atoms with Crippen molar-refractivity contribution in [3.05, 3.63) is 42.0 Å². The van der Waals surface area contributed by atoms with Gasteiger partial charge in [-0.3, -0.25) is 4.79 Å². The maximum absolute atomic E-state index is 11.3. The van der Waals surface area contributed by atoms with Crippen molar-refractivity contribution in [2.24, 2.45) is 0 Å². The first kappa shape index (κ1) is 14.9. The number of carbonyl (C=O) groups is 2. The number of carboxylic acid groups (broad SMARTS) is 1. The number of nitrogens with one attached hydrogen (secondary N) is 1. The molecule has 5 heteroatoms. The second kappa shape index (κ2) is 6.48. The van der Waals surface area contributed by atoms with Gasteiger partial charge in [0.15, 0.2) is 0 Å². The van der Waals surface area contributed by atoms with Crippen LogP contribution in [0.1, 0.15) is 17.3 Å². The van der Waals surface area contributed by atoms with Crippen molar-refractivity contribution in [1.29, 1.82) is 0 Å². The van der Waals surface area contributed by atoms with E-state index in [2.05, 4.69) is 11.9 Å². The molecule has 0 saturated heterocycles. The van der Waals surface area contributed by atoms with E-state index in [-0.39, 0.29) is 46.7 Å². The molecule has 80 valence electrons. The number of para-hydroxylation sites is 1. The van der Waals surface area contributed by atoms with Crippen LogP contribution in [0.25, 0.3) is 0 Å². The summed E-state index contributed by atoms with van der Waals surface area (Å²) in [7, 11) is 0. The van der Waals surface area contributed by atoms with Gasteiger partial charge in [-0.15, -0.1) is 0 Å². The van der Waals surface area contributed by atoms with Crippen LogP contribution in [0.15, 0.2) is 36.4 Å². The van der Waals surface area contributed by atoms with Gasteiger partial charge in [0.1, 0.15) is 0 Å². The van der Waals surface area contributed by atoms with Crippen molar-refractivity contribution in [1.82, 2.24) is 0 Å². The monoisotopic (exact) mass is 229 g/mol. The second-order valence-electron chi connectivity index (χ2n) is 3.09. The summed E-state index contributed by atoms with van der Waals surface area (Å²) in [6, 6.07) is 6.21. The van der Waals surface area contributed by atoms with E-state index in [1.54, 1.807) is 19.1 Å². The Labute approximate surface area is 116 Å². The summed E-state index contributed by atoms with van der Waals surface area (Å²) >= 11 is 0. The molecule has 0 heterocycles. The fourth-order valence-electron chi connectivity index (χ4n) is 1.01. The number of hydrogen-bond donors (Lipinski definition) is 2. The van der Waals surface area contributed by atoms with Gasteiger partial charge in [0.2, 0.25) is 0 Å². The van der Waals surface area contributed by atoms with Crippen molar-refractivity contribution in [2.75, 3.05) is 5.32 Å². The van der Waals surface area contributed by atoms with E-state index in [0.717, 1.165) is 0 Å². The predicted molar refractivity (Wildman–Crippen MR) is 64.0 cm³/mol. The zero-order chi connectivity index (χ0) is 11.4. The van der Waals surface area contributed by atoms with Crippen LogP contribution in [-0.2, 0) is 4.79 Å². The molecule has 0 aromatic heterocycles. The second-order valence-corrected chi connectivity index (χ2v) is 3.09. The Kier molecular flexibility index (Phi) is 6.03. The average molecular weight is 229 g/mol. The molecule has 0 fully saturated rings. The molecule has 0 bridgehead atoms. The third-order valence-corrected chi connectivity index (χ3v) is 1.79. The van der Waals surface area contributed by atoms with E-state index >= 15 is 0 Å². The van der Waals surface area contributed by atoms with Gasteiger partial charge >= 0.3 is 35.5 Å². The van der Waals surface area contributed by atoms with Crippen molar-refractivity contribution in [3.8, 4) is 0 Å². The minimum absolute atomic E-state index is 0. The van der Waals surface area contributed by atoms with Crippen molar-refractivity contribution in [3.63, 3.8) is 0 Å². The van der Waals surface area contributed by atoms with Gasteiger partial charge in [-0.05, 0) is 19.1 Å². The third-order valence-electron chi connectivity index (χ3n) is 1.79. The van der Waals surface area contributed by atoms with Crippen LogP contribution in [0.2, 0.25) is 0 Å². The van der Waals surface area contributed by atoms with Crippen LogP contribution >= 0.6 is 0 Å². The van der Waals surface area contributed by atoms with Gasteiger partial charge in [-0.1, -0.05) is 18.7 Å². The fourth-order valence-corrected chi connectivity index (χ4v) is 1.01. The van der Waals surface area contributed by atoms with E-state index in [4.69, 9.17) is 5.11 Å². The molecule has 1 aromatic rings. The van der Waals surface area contributed by atoms with Crippen LogP contribution in [0.5, 0.6) is 0 Å². The van der Waals surface area contributed by atoms with Gasteiger partial charge in [-0.25, -0.2) is 4.79 Å². The Morgan fingerprint density at radius 1 is 1.31 bits per heavy atom. The number of amides is 1. The normalized spacial score (nSPS) is 8.81. The number of aromatic carboxylic acids is 1. The van der Waals surface area contributed by atoms with Crippen LogP contribution < -0.4 is 5.32 Å². The number of carboxylic acids is 1. The van der Waals surface area contributed by atoms with Crippen LogP contribution in [0.3, 0.4) is 0 Å². The summed E-state index contributed by atoms with van der Waals surface area (Å²) in [5, 5.41) is 11.3. The minimum atomic E-state index is -1.08. The van der Waals surface area contributed by atoms with E-state index in [1.807, 2.05) is 0 Å². The fraction of sp³-hybridized carbons (Fsp3) is 0.0909. The van der Waals surface area contributed by atoms with Gasteiger partial charge in [-0.2, -0.15) is 0 Å². The first-order chi connectivity index (χ1) is 7.02. The van der Waals surface area contributed by atoms with Crippen LogP contribution in [0.4, 0.5) is 5.69 Å². The molecule has 1 aromatic carbocycles. The zero-order valence-electron chi connectivity index (χ0n) is 8.28. The standard InChI is InChI=1S/C11H11NO3.Na.H/c1-7(2)10(13)12-9-6-4-3-5-8(9)11(14)15;;/h3-6H,1H2,2H3,(H,12,13)(H,14,15);;. The van der Waals surface area contributed by atoms with Gasteiger partial charge < -0.3 is 10.4 Å². The molecule has 0 atom stereocenters. The molecule has 0 radical (unpaired) electrons. The maximum atomic E-state index is 11.3. The summed E-state index contributed by atoms with van der Waals surface area (Å²) in [6.07, 6.45) is 0. The summed E-state index contributed by atoms with van der Waals surface area (Å²) in [5.41, 5.74) is 0.667. The van der Waals surface area contributed by atoms with Gasteiger partial charge in [0.05, 0.1) is 11.3 Å². The van der Waals surface area contributed by atoms with Crippen LogP contribution in [-0.4, -0.2) is 46.5 Å². The number of hydrogen-bond acceptors (Lipinski definition) is 2. The first-order valence-electron chi connectivity index (χ1n) is 4.31. The number of anilines is 1. The summed E-state index contributed by atoms with van der Waals surface area (Å²) in [6.45, 7) is 5.02. The Morgan fingerprint density at radius 2 is 1.88 bits per heavy atom. The SMILES string of the molecule is C=C(C)C(=O)Nc1ccccc1C(=O)O.[NaH]. The molecule has 0 spiro atoms. The van der Waals surface area contributed by atoms with Crippen molar-refractivity contribution < 1.29 is 14.7 Å². The Hall–Kier alpha value is -1.10. The molecule has 0 aliphatic heterocycles. The van der Waals surface area contributed by atoms with E-state index < -0.39 is 5.97 Å². The Bertz CT molecular complexity index is 429. The first-order valence-corrected chi connectivity index (χ1v) is 4.31. The van der Waals surface area contributed by atoms with Gasteiger partial charge in [0.25, 0.3) is 5.91 Å². The van der Waals surface area contributed by atoms with E-state index in [1.165, 1.54) is 12.1 Å². The summed E-state index contributed by atoms with van der Waals surface area (Å²) in [4.78, 5) is 22.1. The summed E-state index contributed by atoms with van der Waals surface area (Å²) in [5.74, 6) is -1.46. The Balaban J connectivity index is 0.00000225. The molecule has 1 rings (SSSR count). The molecular weight excluding hydrogens is 217 g/mol. The Morgan fingerprint density at radius 3 is 2.38 bits per heavy atom. The number of benzene rings is 1. The van der Waals surface area contributed by atoms with E-state index in [0.29, 0.717) is 5.57 Å². The number of carbonyl (C=O) groups excluding carboxylic acids is 1. The molecule has 0 unspecified atom stereocenters. The van der Waals surface area contributed by atoms with Gasteiger partial charge in [0, 0.05) is 5.57 Å². The average Bonchev–Trinajstić information content (AvgIpc) is 2.18. The molecule has 16 heavy (non-hydrogen) atoms.